The molecule has 7 heteroatoms. The number of amides is 2. The molecule has 0 atom stereocenters. The Morgan fingerprint density at radius 3 is 2.57 bits per heavy atom. The summed E-state index contributed by atoms with van der Waals surface area (Å²) in [5.74, 6) is -0.399. The van der Waals surface area contributed by atoms with Crippen LogP contribution in [0, 0.1) is 6.92 Å². The summed E-state index contributed by atoms with van der Waals surface area (Å²) < 4.78 is 5.15. The van der Waals surface area contributed by atoms with Crippen molar-refractivity contribution >= 4 is 11.8 Å². The first kappa shape index (κ1) is 14.4. The van der Waals surface area contributed by atoms with Crippen LogP contribution in [0.25, 0.3) is 0 Å². The predicted octanol–water partition coefficient (Wildman–Crippen LogP) is 0.868. The summed E-state index contributed by atoms with van der Waals surface area (Å²) in [5, 5.41) is 0. The largest absolute Gasteiger partial charge is 0.496 e. The van der Waals surface area contributed by atoms with E-state index < -0.39 is 11.8 Å². The number of carbonyl (C=O) groups excluding carboxylic acids is 2. The number of aryl methyl sites for hydroxylation is 1. The molecule has 2 amide bonds. The Morgan fingerprint density at radius 2 is 1.90 bits per heavy atom. The van der Waals surface area contributed by atoms with Gasteiger partial charge in [-0.1, -0.05) is 6.07 Å². The summed E-state index contributed by atoms with van der Waals surface area (Å²) in [6, 6.07) is 5.00. The van der Waals surface area contributed by atoms with Crippen LogP contribution in [0.2, 0.25) is 0 Å². The van der Waals surface area contributed by atoms with Gasteiger partial charge in [-0.3, -0.25) is 25.4 Å². The van der Waals surface area contributed by atoms with Gasteiger partial charge in [0.1, 0.15) is 11.4 Å². The molecule has 0 unspecified atom stereocenters. The van der Waals surface area contributed by atoms with Gasteiger partial charge < -0.3 is 4.74 Å². The quantitative estimate of drug-likeness (QED) is 0.817. The number of hydrogen-bond donors (Lipinski definition) is 2. The molecule has 0 saturated heterocycles. The average Bonchev–Trinajstić information content (AvgIpc) is 2.53. The lowest BCUT2D eigenvalue weighted by Crippen LogP contribution is -2.42. The molecular weight excluding hydrogens is 272 g/mol. The first-order valence-electron chi connectivity index (χ1n) is 6.13. The molecule has 0 bridgehead atoms. The van der Waals surface area contributed by atoms with E-state index in [4.69, 9.17) is 4.74 Å². The Bertz CT molecular complexity index is 659. The smallest absolute Gasteiger partial charge is 0.289 e. The predicted molar refractivity (Wildman–Crippen MR) is 74.7 cm³/mol. The maximum Gasteiger partial charge on any atom is 0.289 e. The topological polar surface area (TPSA) is 93.2 Å². The molecule has 0 radical (unpaired) electrons. The Balaban J connectivity index is 2.00. The third-order valence-electron chi connectivity index (χ3n) is 2.76. The number of hydrogen-bond acceptors (Lipinski definition) is 5. The van der Waals surface area contributed by atoms with Gasteiger partial charge >= 0.3 is 0 Å². The zero-order valence-electron chi connectivity index (χ0n) is 11.6. The highest BCUT2D eigenvalue weighted by Crippen LogP contribution is 2.18. The number of nitrogens with one attached hydrogen (secondary N) is 2. The van der Waals surface area contributed by atoms with Gasteiger partial charge in [0.2, 0.25) is 0 Å². The van der Waals surface area contributed by atoms with Gasteiger partial charge in [0, 0.05) is 18.0 Å². The molecule has 2 N–H and O–H groups in total. The molecule has 108 valence electrons. The molecule has 1 heterocycles. The van der Waals surface area contributed by atoms with E-state index in [-0.39, 0.29) is 5.69 Å². The first-order chi connectivity index (χ1) is 10.1. The third kappa shape index (κ3) is 3.53. The third-order valence-corrected chi connectivity index (χ3v) is 2.76. The van der Waals surface area contributed by atoms with Gasteiger partial charge in [0.25, 0.3) is 11.8 Å². The summed E-state index contributed by atoms with van der Waals surface area (Å²) in [7, 11) is 1.53. The van der Waals surface area contributed by atoms with Crippen molar-refractivity contribution in [2.75, 3.05) is 7.11 Å². The van der Waals surface area contributed by atoms with Crippen LogP contribution in [0.5, 0.6) is 5.75 Å². The van der Waals surface area contributed by atoms with Gasteiger partial charge in [-0.15, -0.1) is 0 Å². The molecule has 0 aliphatic heterocycles. The van der Waals surface area contributed by atoms with E-state index in [0.29, 0.717) is 11.3 Å². The fraction of sp³-hybridized carbons (Fsp3) is 0.143. The van der Waals surface area contributed by atoms with E-state index in [9.17, 15) is 9.59 Å². The second-order valence-corrected chi connectivity index (χ2v) is 4.18. The zero-order valence-corrected chi connectivity index (χ0v) is 11.6. The fourth-order valence-corrected chi connectivity index (χ4v) is 1.63. The maximum absolute atomic E-state index is 11.9. The highest BCUT2D eigenvalue weighted by atomic mass is 16.5. The van der Waals surface area contributed by atoms with Crippen LogP contribution >= 0.6 is 0 Å². The number of nitrogens with zero attached hydrogens (tertiary/aromatic N) is 2. The van der Waals surface area contributed by atoms with Crippen molar-refractivity contribution in [3.05, 3.63) is 53.6 Å². The molecular formula is C14H14N4O3. The molecule has 0 saturated carbocycles. The van der Waals surface area contributed by atoms with Crippen LogP contribution in [0.3, 0.4) is 0 Å². The number of ether oxygens (including phenoxy) is 1. The minimum atomic E-state index is -0.546. The summed E-state index contributed by atoms with van der Waals surface area (Å²) in [6.45, 7) is 1.87. The van der Waals surface area contributed by atoms with Crippen molar-refractivity contribution in [2.24, 2.45) is 0 Å². The second kappa shape index (κ2) is 6.47. The molecule has 2 aromatic rings. The van der Waals surface area contributed by atoms with Crippen LogP contribution in [-0.2, 0) is 0 Å². The summed E-state index contributed by atoms with van der Waals surface area (Å²) in [6.07, 6.45) is 4.14. The zero-order chi connectivity index (χ0) is 15.2. The van der Waals surface area contributed by atoms with Crippen molar-refractivity contribution in [3.63, 3.8) is 0 Å². The number of rotatable bonds is 3. The standard InChI is InChI=1S/C14H14N4O3/c1-9-3-4-10(7-12(9)21-2)13(19)17-18-14(20)11-8-15-5-6-16-11/h3-8H,1-2H3,(H,17,19)(H,18,20). The molecule has 2 rings (SSSR count). The van der Waals surface area contributed by atoms with Crippen LogP contribution in [0.15, 0.2) is 36.8 Å². The normalized spacial score (nSPS) is 9.81. The van der Waals surface area contributed by atoms with E-state index >= 15 is 0 Å². The van der Waals surface area contributed by atoms with Crippen molar-refractivity contribution in [1.82, 2.24) is 20.8 Å². The van der Waals surface area contributed by atoms with Crippen LogP contribution in [0.1, 0.15) is 26.4 Å². The molecule has 0 aliphatic carbocycles. The minimum Gasteiger partial charge on any atom is -0.496 e. The number of benzene rings is 1. The Kier molecular flexibility index (Phi) is 4.45. The highest BCUT2D eigenvalue weighted by molar-refractivity contribution is 5.98. The second-order valence-electron chi connectivity index (χ2n) is 4.18. The summed E-state index contributed by atoms with van der Waals surface area (Å²) in [5.41, 5.74) is 5.97. The summed E-state index contributed by atoms with van der Waals surface area (Å²) >= 11 is 0. The molecule has 1 aromatic heterocycles. The lowest BCUT2D eigenvalue weighted by molar-refractivity contribution is 0.0843. The maximum atomic E-state index is 11.9. The van der Waals surface area contributed by atoms with Crippen molar-refractivity contribution in [1.29, 1.82) is 0 Å². The van der Waals surface area contributed by atoms with Crippen LogP contribution in [0.4, 0.5) is 0 Å². The van der Waals surface area contributed by atoms with Gasteiger partial charge in [0.05, 0.1) is 13.3 Å². The van der Waals surface area contributed by atoms with Crippen molar-refractivity contribution in [2.45, 2.75) is 6.92 Å². The van der Waals surface area contributed by atoms with Gasteiger partial charge in [-0.25, -0.2) is 4.98 Å². The number of hydrazine groups is 1. The molecule has 1 aromatic carbocycles. The molecule has 21 heavy (non-hydrogen) atoms. The number of aromatic nitrogens is 2. The minimum absolute atomic E-state index is 0.110. The highest BCUT2D eigenvalue weighted by Gasteiger charge is 2.11. The average molecular weight is 286 g/mol. The number of carbonyl (C=O) groups is 2. The monoisotopic (exact) mass is 286 g/mol. The van der Waals surface area contributed by atoms with Crippen LogP contribution in [-0.4, -0.2) is 28.9 Å². The lowest BCUT2D eigenvalue weighted by atomic mass is 10.1. The Labute approximate surface area is 121 Å². The van der Waals surface area contributed by atoms with Crippen LogP contribution < -0.4 is 15.6 Å². The van der Waals surface area contributed by atoms with Crippen molar-refractivity contribution in [3.8, 4) is 5.75 Å². The van der Waals surface area contributed by atoms with E-state index in [0.717, 1.165) is 5.56 Å². The van der Waals surface area contributed by atoms with Gasteiger partial charge in [-0.05, 0) is 24.6 Å². The molecule has 7 nitrogen and oxygen atoms in total. The molecule has 0 aliphatic rings. The van der Waals surface area contributed by atoms with Crippen molar-refractivity contribution < 1.29 is 14.3 Å². The fourth-order valence-electron chi connectivity index (χ4n) is 1.63. The molecule has 0 fully saturated rings. The number of methoxy groups -OCH3 is 1. The first-order valence-corrected chi connectivity index (χ1v) is 6.13. The van der Waals surface area contributed by atoms with E-state index in [1.165, 1.54) is 25.7 Å². The van der Waals surface area contributed by atoms with Gasteiger partial charge in [-0.2, -0.15) is 0 Å². The molecule has 0 spiro atoms. The Morgan fingerprint density at radius 1 is 1.14 bits per heavy atom. The summed E-state index contributed by atoms with van der Waals surface area (Å²) in [4.78, 5) is 31.2. The Hall–Kier alpha value is -2.96. The SMILES string of the molecule is COc1cc(C(=O)NNC(=O)c2cnccn2)ccc1C. The van der Waals surface area contributed by atoms with Gasteiger partial charge in [0.15, 0.2) is 0 Å². The van der Waals surface area contributed by atoms with E-state index in [2.05, 4.69) is 20.8 Å². The van der Waals surface area contributed by atoms with E-state index in [1.807, 2.05) is 6.92 Å². The van der Waals surface area contributed by atoms with E-state index in [1.54, 1.807) is 18.2 Å². The lowest BCUT2D eigenvalue weighted by Gasteiger charge is -2.09.